The number of aryl methyl sites for hydroxylation is 1. The number of rotatable bonds is 1. The van der Waals surface area contributed by atoms with Crippen molar-refractivity contribution in [3.63, 3.8) is 0 Å². The van der Waals surface area contributed by atoms with Gasteiger partial charge >= 0.3 is 0 Å². The summed E-state index contributed by atoms with van der Waals surface area (Å²) in [5, 5.41) is 14.4. The Hall–Kier alpha value is -3.22. The van der Waals surface area contributed by atoms with Gasteiger partial charge in [-0.3, -0.25) is 4.98 Å². The molecule has 3 aromatic carbocycles. The molecular weight excluding hydrogens is 384 g/mol. The van der Waals surface area contributed by atoms with Crippen molar-refractivity contribution < 1.29 is 0 Å². The highest BCUT2D eigenvalue weighted by Gasteiger charge is 2.20. The molecule has 0 bridgehead atoms. The SMILES string of the molecule is Cc1c(C#N)ccc2c1sc1c(-c3cc(C(C)(C)C)c4ccccc4c3)nccc12. The molecule has 3 heteroatoms. The lowest BCUT2D eigenvalue weighted by atomic mass is 9.82. The Morgan fingerprint density at radius 3 is 2.43 bits per heavy atom. The summed E-state index contributed by atoms with van der Waals surface area (Å²) in [6.07, 6.45) is 1.91. The molecule has 0 fully saturated rings. The summed E-state index contributed by atoms with van der Waals surface area (Å²) in [5.74, 6) is 0. The highest BCUT2D eigenvalue weighted by molar-refractivity contribution is 7.26. The van der Waals surface area contributed by atoms with Crippen LogP contribution >= 0.6 is 11.3 Å². The average molecular weight is 407 g/mol. The van der Waals surface area contributed by atoms with E-state index in [0.717, 1.165) is 22.4 Å². The molecule has 146 valence electrons. The van der Waals surface area contributed by atoms with Crippen LogP contribution in [0.15, 0.2) is 60.8 Å². The minimum absolute atomic E-state index is 0.0297. The van der Waals surface area contributed by atoms with Gasteiger partial charge in [-0.15, -0.1) is 11.3 Å². The lowest BCUT2D eigenvalue weighted by Crippen LogP contribution is -2.12. The van der Waals surface area contributed by atoms with Gasteiger partial charge < -0.3 is 0 Å². The Bertz CT molecular complexity index is 1490. The van der Waals surface area contributed by atoms with Crippen LogP contribution < -0.4 is 0 Å². The van der Waals surface area contributed by atoms with Crippen LogP contribution in [0.3, 0.4) is 0 Å². The minimum Gasteiger partial charge on any atom is -0.255 e. The summed E-state index contributed by atoms with van der Waals surface area (Å²) in [5.41, 5.74) is 5.32. The molecule has 5 rings (SSSR count). The third-order valence-corrected chi connectivity index (χ3v) is 7.22. The first-order chi connectivity index (χ1) is 14.4. The maximum absolute atomic E-state index is 9.43. The van der Waals surface area contributed by atoms with Gasteiger partial charge in [-0.25, -0.2) is 0 Å². The van der Waals surface area contributed by atoms with E-state index in [1.165, 1.54) is 36.5 Å². The van der Waals surface area contributed by atoms with Gasteiger partial charge in [-0.1, -0.05) is 51.1 Å². The number of benzene rings is 3. The molecule has 0 amide bonds. The van der Waals surface area contributed by atoms with Crippen LogP contribution in [0.4, 0.5) is 0 Å². The number of thiophene rings is 1. The van der Waals surface area contributed by atoms with E-state index >= 15 is 0 Å². The molecule has 5 aromatic rings. The molecule has 0 aliphatic rings. The number of hydrogen-bond donors (Lipinski definition) is 0. The van der Waals surface area contributed by atoms with Crippen molar-refractivity contribution in [1.29, 1.82) is 5.26 Å². The monoisotopic (exact) mass is 406 g/mol. The quantitative estimate of drug-likeness (QED) is 0.285. The lowest BCUT2D eigenvalue weighted by molar-refractivity contribution is 0.596. The highest BCUT2D eigenvalue weighted by Crippen LogP contribution is 2.42. The molecule has 0 N–H and O–H groups in total. The van der Waals surface area contributed by atoms with E-state index < -0.39 is 0 Å². The molecule has 0 saturated heterocycles. The number of aromatic nitrogens is 1. The molecule has 2 nitrogen and oxygen atoms in total. The zero-order chi connectivity index (χ0) is 21.0. The molecule has 0 unspecified atom stereocenters. The fourth-order valence-corrected chi connectivity index (χ4v) is 5.61. The van der Waals surface area contributed by atoms with Gasteiger partial charge in [0.05, 0.1) is 22.0 Å². The molecule has 0 saturated carbocycles. The topological polar surface area (TPSA) is 36.7 Å². The lowest BCUT2D eigenvalue weighted by Gasteiger charge is -2.22. The highest BCUT2D eigenvalue weighted by atomic mass is 32.1. The van der Waals surface area contributed by atoms with Crippen LogP contribution in [0.5, 0.6) is 0 Å². The summed E-state index contributed by atoms with van der Waals surface area (Å²) in [7, 11) is 0. The number of pyridine rings is 1. The van der Waals surface area contributed by atoms with Crippen LogP contribution in [0, 0.1) is 18.3 Å². The zero-order valence-corrected chi connectivity index (χ0v) is 18.4. The largest absolute Gasteiger partial charge is 0.255 e. The molecule has 0 aliphatic heterocycles. The van der Waals surface area contributed by atoms with Gasteiger partial charge in [0.1, 0.15) is 0 Å². The van der Waals surface area contributed by atoms with Crippen molar-refractivity contribution >= 4 is 42.3 Å². The van der Waals surface area contributed by atoms with Gasteiger partial charge in [0.2, 0.25) is 0 Å². The number of fused-ring (bicyclic) bond motifs is 4. The van der Waals surface area contributed by atoms with E-state index in [1.807, 2.05) is 19.2 Å². The van der Waals surface area contributed by atoms with Crippen LogP contribution in [-0.2, 0) is 5.41 Å². The Morgan fingerprint density at radius 2 is 1.67 bits per heavy atom. The van der Waals surface area contributed by atoms with Crippen molar-refractivity contribution in [2.24, 2.45) is 0 Å². The number of nitrogens with zero attached hydrogens (tertiary/aromatic N) is 2. The fourth-order valence-electron chi connectivity index (χ4n) is 4.30. The van der Waals surface area contributed by atoms with Crippen LogP contribution in [0.2, 0.25) is 0 Å². The van der Waals surface area contributed by atoms with Crippen LogP contribution in [0.25, 0.3) is 42.2 Å². The fraction of sp³-hybridized carbons (Fsp3) is 0.185. The molecule has 30 heavy (non-hydrogen) atoms. The molecular formula is C27H22N2S. The summed E-state index contributed by atoms with van der Waals surface area (Å²) in [6.45, 7) is 8.83. The predicted molar refractivity (Wildman–Crippen MR) is 128 cm³/mol. The van der Waals surface area contributed by atoms with Crippen molar-refractivity contribution in [1.82, 2.24) is 4.98 Å². The van der Waals surface area contributed by atoms with E-state index in [1.54, 1.807) is 11.3 Å². The van der Waals surface area contributed by atoms with Crippen molar-refractivity contribution in [3.8, 4) is 17.3 Å². The van der Waals surface area contributed by atoms with E-state index in [9.17, 15) is 5.26 Å². The Labute approximate surface area is 180 Å². The van der Waals surface area contributed by atoms with Gasteiger partial charge in [-0.05, 0) is 58.5 Å². The second-order valence-electron chi connectivity index (χ2n) is 8.86. The van der Waals surface area contributed by atoms with Crippen molar-refractivity contribution in [3.05, 3.63) is 77.5 Å². The van der Waals surface area contributed by atoms with Crippen molar-refractivity contribution in [2.45, 2.75) is 33.1 Å². The zero-order valence-electron chi connectivity index (χ0n) is 17.6. The molecule has 0 atom stereocenters. The standard InChI is InChI=1S/C27H22N2S/c1-16-18(15-28)9-10-21-22-11-12-29-24(26(22)30-25(16)21)19-13-17-7-5-6-8-20(17)23(14-19)27(2,3)4/h5-14H,1-4H3. The first-order valence-electron chi connectivity index (χ1n) is 10.1. The van der Waals surface area contributed by atoms with Crippen LogP contribution in [0.1, 0.15) is 37.5 Å². The summed E-state index contributed by atoms with van der Waals surface area (Å²) in [6, 6.07) is 21.6. The van der Waals surface area contributed by atoms with Crippen molar-refractivity contribution in [2.75, 3.05) is 0 Å². The second-order valence-corrected chi connectivity index (χ2v) is 9.88. The third kappa shape index (κ3) is 2.80. The Kier molecular flexibility index (Phi) is 4.17. The second kappa shape index (κ2) is 6.65. The molecule has 0 radical (unpaired) electrons. The smallest absolute Gasteiger partial charge is 0.0994 e. The summed E-state index contributed by atoms with van der Waals surface area (Å²) < 4.78 is 2.36. The predicted octanol–water partition coefficient (Wildman–Crippen LogP) is 7.75. The van der Waals surface area contributed by atoms with E-state index in [-0.39, 0.29) is 5.41 Å². The summed E-state index contributed by atoms with van der Waals surface area (Å²) >= 11 is 1.74. The maximum Gasteiger partial charge on any atom is 0.0994 e. The van der Waals surface area contributed by atoms with E-state index in [4.69, 9.17) is 4.98 Å². The first kappa shape index (κ1) is 18.8. The van der Waals surface area contributed by atoms with Crippen LogP contribution in [-0.4, -0.2) is 4.98 Å². The number of hydrogen-bond acceptors (Lipinski definition) is 3. The minimum atomic E-state index is 0.0297. The van der Waals surface area contributed by atoms with E-state index in [0.29, 0.717) is 0 Å². The Balaban J connectivity index is 1.86. The number of nitriles is 1. The van der Waals surface area contributed by atoms with Gasteiger partial charge in [0.25, 0.3) is 0 Å². The van der Waals surface area contributed by atoms with Gasteiger partial charge in [-0.2, -0.15) is 5.26 Å². The maximum atomic E-state index is 9.43. The summed E-state index contributed by atoms with van der Waals surface area (Å²) in [4.78, 5) is 4.82. The molecule has 0 aliphatic carbocycles. The Morgan fingerprint density at radius 1 is 0.900 bits per heavy atom. The third-order valence-electron chi connectivity index (χ3n) is 5.87. The van der Waals surface area contributed by atoms with Gasteiger partial charge in [0.15, 0.2) is 0 Å². The molecule has 2 aromatic heterocycles. The normalized spacial score (nSPS) is 12.0. The first-order valence-corrected chi connectivity index (χ1v) is 10.9. The van der Waals surface area contributed by atoms with E-state index in [2.05, 4.69) is 75.4 Å². The van der Waals surface area contributed by atoms with Gasteiger partial charge in [0, 0.05) is 27.2 Å². The average Bonchev–Trinajstić information content (AvgIpc) is 3.12. The molecule has 2 heterocycles. The molecule has 0 spiro atoms.